The average Bonchev–Trinajstić information content (AvgIpc) is 2.94. The number of hydrogen-bond donors (Lipinski definition) is 1. The summed E-state index contributed by atoms with van der Waals surface area (Å²) >= 11 is 0. The molecule has 2 aromatic rings. The van der Waals surface area contributed by atoms with Crippen molar-refractivity contribution in [2.24, 2.45) is 0 Å². The van der Waals surface area contributed by atoms with Gasteiger partial charge >= 0.3 is 6.01 Å². The Morgan fingerprint density at radius 2 is 2.20 bits per heavy atom. The summed E-state index contributed by atoms with van der Waals surface area (Å²) in [6.45, 7) is 3.15. The van der Waals surface area contributed by atoms with Crippen LogP contribution in [-0.2, 0) is 6.42 Å². The van der Waals surface area contributed by atoms with Gasteiger partial charge in [-0.25, -0.2) is 0 Å². The predicted molar refractivity (Wildman–Crippen MR) is 75.2 cm³/mol. The monoisotopic (exact) mass is 272 g/mol. The highest BCUT2D eigenvalue weighted by Crippen LogP contribution is 2.29. The molecule has 2 heterocycles. The van der Waals surface area contributed by atoms with Gasteiger partial charge in [0.25, 0.3) is 0 Å². The Morgan fingerprint density at radius 3 is 3.00 bits per heavy atom. The lowest BCUT2D eigenvalue weighted by atomic mass is 10.1. The van der Waals surface area contributed by atoms with Gasteiger partial charge in [0.05, 0.1) is 13.2 Å². The summed E-state index contributed by atoms with van der Waals surface area (Å²) in [6.07, 6.45) is 0.922. The number of nitrogens with zero attached hydrogens (tertiary/aromatic N) is 3. The predicted octanol–water partition coefficient (Wildman–Crippen LogP) is 1.91. The van der Waals surface area contributed by atoms with Crippen LogP contribution in [0.5, 0.6) is 11.8 Å². The minimum Gasteiger partial charge on any atom is -0.493 e. The number of aromatic nitrogens is 3. The lowest BCUT2D eigenvalue weighted by Gasteiger charge is -2.07. The van der Waals surface area contributed by atoms with Crippen molar-refractivity contribution in [3.63, 3.8) is 0 Å². The molecule has 1 aliphatic rings. The van der Waals surface area contributed by atoms with Crippen LogP contribution < -0.4 is 14.8 Å². The molecule has 6 heteroatoms. The van der Waals surface area contributed by atoms with Gasteiger partial charge in [-0.15, -0.1) is 0 Å². The third-order valence-corrected chi connectivity index (χ3v) is 3.06. The Balaban J connectivity index is 2.02. The van der Waals surface area contributed by atoms with E-state index in [-0.39, 0.29) is 0 Å². The van der Waals surface area contributed by atoms with Crippen LogP contribution >= 0.6 is 0 Å². The molecule has 0 atom stereocenters. The van der Waals surface area contributed by atoms with Crippen LogP contribution in [0.1, 0.15) is 12.5 Å². The molecule has 3 rings (SSSR count). The van der Waals surface area contributed by atoms with Gasteiger partial charge < -0.3 is 14.8 Å². The third kappa shape index (κ3) is 2.36. The maximum absolute atomic E-state index is 5.51. The van der Waals surface area contributed by atoms with Crippen molar-refractivity contribution in [1.82, 2.24) is 15.0 Å². The van der Waals surface area contributed by atoms with Gasteiger partial charge in [-0.05, 0) is 30.7 Å². The summed E-state index contributed by atoms with van der Waals surface area (Å²) in [5.41, 5.74) is 2.13. The van der Waals surface area contributed by atoms with E-state index in [4.69, 9.17) is 9.47 Å². The SMILES string of the molecule is CCOc1nc(NC)nc(-c2ccc3c(c2)CCO3)n1. The molecule has 0 radical (unpaired) electrons. The first-order valence-corrected chi connectivity index (χ1v) is 6.63. The zero-order chi connectivity index (χ0) is 13.9. The topological polar surface area (TPSA) is 69.2 Å². The first kappa shape index (κ1) is 12.7. The quantitative estimate of drug-likeness (QED) is 0.917. The summed E-state index contributed by atoms with van der Waals surface area (Å²) < 4.78 is 10.9. The molecule has 0 amide bonds. The number of fused-ring (bicyclic) bond motifs is 1. The van der Waals surface area contributed by atoms with Crippen molar-refractivity contribution in [2.45, 2.75) is 13.3 Å². The largest absolute Gasteiger partial charge is 0.493 e. The molecule has 0 bridgehead atoms. The van der Waals surface area contributed by atoms with Gasteiger partial charge in [0.15, 0.2) is 5.82 Å². The molecule has 104 valence electrons. The first-order chi connectivity index (χ1) is 9.80. The zero-order valence-electron chi connectivity index (χ0n) is 11.5. The van der Waals surface area contributed by atoms with E-state index in [1.807, 2.05) is 19.1 Å². The van der Waals surface area contributed by atoms with Gasteiger partial charge in [-0.1, -0.05) is 0 Å². The van der Waals surface area contributed by atoms with Crippen molar-refractivity contribution in [2.75, 3.05) is 25.6 Å². The number of rotatable bonds is 4. The fourth-order valence-electron chi connectivity index (χ4n) is 2.12. The molecule has 0 aliphatic carbocycles. The average molecular weight is 272 g/mol. The summed E-state index contributed by atoms with van der Waals surface area (Å²) in [6, 6.07) is 6.31. The first-order valence-electron chi connectivity index (χ1n) is 6.63. The van der Waals surface area contributed by atoms with Crippen molar-refractivity contribution < 1.29 is 9.47 Å². The van der Waals surface area contributed by atoms with Gasteiger partial charge in [-0.2, -0.15) is 15.0 Å². The lowest BCUT2D eigenvalue weighted by molar-refractivity contribution is 0.312. The zero-order valence-corrected chi connectivity index (χ0v) is 11.5. The van der Waals surface area contributed by atoms with Crippen LogP contribution in [0.15, 0.2) is 18.2 Å². The summed E-state index contributed by atoms with van der Waals surface area (Å²) in [5.74, 6) is 2.04. The minimum atomic E-state index is 0.332. The Labute approximate surface area is 117 Å². The highest BCUT2D eigenvalue weighted by atomic mass is 16.5. The molecule has 0 saturated carbocycles. The lowest BCUT2D eigenvalue weighted by Crippen LogP contribution is -2.05. The molecule has 6 nitrogen and oxygen atoms in total. The van der Waals surface area contributed by atoms with E-state index in [0.29, 0.717) is 24.4 Å². The Bertz CT molecular complexity index is 631. The van der Waals surface area contributed by atoms with Crippen LogP contribution in [0, 0.1) is 0 Å². The second kappa shape index (κ2) is 5.32. The van der Waals surface area contributed by atoms with Crippen molar-refractivity contribution in [3.8, 4) is 23.1 Å². The Hall–Kier alpha value is -2.37. The molecule has 0 fully saturated rings. The van der Waals surface area contributed by atoms with E-state index in [0.717, 1.165) is 24.3 Å². The molecule has 1 aromatic heterocycles. The van der Waals surface area contributed by atoms with E-state index in [9.17, 15) is 0 Å². The highest BCUT2D eigenvalue weighted by molar-refractivity contribution is 5.60. The molecular weight excluding hydrogens is 256 g/mol. The molecule has 0 unspecified atom stereocenters. The second-order valence-electron chi connectivity index (χ2n) is 4.37. The number of nitrogens with one attached hydrogen (secondary N) is 1. The van der Waals surface area contributed by atoms with Crippen molar-refractivity contribution in [1.29, 1.82) is 0 Å². The summed E-state index contributed by atoms with van der Waals surface area (Å²) in [5, 5.41) is 2.92. The molecular formula is C14H16N4O2. The fraction of sp³-hybridized carbons (Fsp3) is 0.357. The normalized spacial score (nSPS) is 12.7. The van der Waals surface area contributed by atoms with Crippen LogP contribution in [0.25, 0.3) is 11.4 Å². The van der Waals surface area contributed by atoms with Crippen LogP contribution in [0.2, 0.25) is 0 Å². The summed E-state index contributed by atoms with van der Waals surface area (Å²) in [7, 11) is 1.77. The fourth-order valence-corrected chi connectivity index (χ4v) is 2.12. The van der Waals surface area contributed by atoms with Gasteiger partial charge in [0.2, 0.25) is 5.95 Å². The minimum absolute atomic E-state index is 0.332. The van der Waals surface area contributed by atoms with E-state index >= 15 is 0 Å². The van der Waals surface area contributed by atoms with Crippen molar-refractivity contribution >= 4 is 5.95 Å². The Kier molecular flexibility index (Phi) is 3.37. The number of anilines is 1. The van der Waals surface area contributed by atoms with E-state index < -0.39 is 0 Å². The van der Waals surface area contributed by atoms with Gasteiger partial charge in [0.1, 0.15) is 5.75 Å². The molecule has 1 aliphatic heterocycles. The van der Waals surface area contributed by atoms with E-state index in [1.54, 1.807) is 7.05 Å². The van der Waals surface area contributed by atoms with Crippen LogP contribution in [0.4, 0.5) is 5.95 Å². The second-order valence-corrected chi connectivity index (χ2v) is 4.37. The standard InChI is InChI=1S/C14H16N4O2/c1-3-19-14-17-12(16-13(15-2)18-14)10-4-5-11-9(8-10)6-7-20-11/h4-5,8H,3,6-7H2,1-2H3,(H,15,16,17,18). The molecule has 1 aromatic carbocycles. The van der Waals surface area contributed by atoms with Crippen LogP contribution in [-0.4, -0.2) is 35.2 Å². The van der Waals surface area contributed by atoms with Crippen molar-refractivity contribution in [3.05, 3.63) is 23.8 Å². The maximum Gasteiger partial charge on any atom is 0.321 e. The molecule has 20 heavy (non-hydrogen) atoms. The molecule has 0 saturated heterocycles. The number of ether oxygens (including phenoxy) is 2. The third-order valence-electron chi connectivity index (χ3n) is 3.06. The highest BCUT2D eigenvalue weighted by Gasteiger charge is 2.15. The van der Waals surface area contributed by atoms with Gasteiger partial charge in [0, 0.05) is 19.0 Å². The smallest absolute Gasteiger partial charge is 0.321 e. The summed E-state index contributed by atoms with van der Waals surface area (Å²) in [4.78, 5) is 12.9. The van der Waals surface area contributed by atoms with Gasteiger partial charge in [-0.3, -0.25) is 0 Å². The Morgan fingerprint density at radius 1 is 1.30 bits per heavy atom. The number of benzene rings is 1. The van der Waals surface area contributed by atoms with E-state index in [1.165, 1.54) is 5.56 Å². The molecule has 1 N–H and O–H groups in total. The molecule has 0 spiro atoms. The maximum atomic E-state index is 5.51. The van der Waals surface area contributed by atoms with Crippen LogP contribution in [0.3, 0.4) is 0 Å². The van der Waals surface area contributed by atoms with E-state index in [2.05, 4.69) is 26.3 Å². The number of hydrogen-bond acceptors (Lipinski definition) is 6.